The van der Waals surface area contributed by atoms with Crippen molar-refractivity contribution < 1.29 is 27.9 Å². The Morgan fingerprint density at radius 1 is 1.09 bits per heavy atom. The van der Waals surface area contributed by atoms with Crippen LogP contribution in [0.1, 0.15) is 61.5 Å². The van der Waals surface area contributed by atoms with E-state index in [1.807, 2.05) is 32.0 Å². The van der Waals surface area contributed by atoms with Crippen molar-refractivity contribution in [3.8, 4) is 17.1 Å². The number of rotatable bonds is 4. The van der Waals surface area contributed by atoms with Gasteiger partial charge in [0.25, 0.3) is 15.9 Å². The summed E-state index contributed by atoms with van der Waals surface area (Å²) in [4.78, 5) is 39.2. The first-order valence-corrected chi connectivity index (χ1v) is 16.7. The van der Waals surface area contributed by atoms with Gasteiger partial charge in [-0.1, -0.05) is 45.0 Å². The topological polar surface area (TPSA) is 142 Å². The minimum absolute atomic E-state index is 0.0720. The minimum atomic E-state index is -4.19. The van der Waals surface area contributed by atoms with Gasteiger partial charge in [0.1, 0.15) is 13.2 Å². The van der Waals surface area contributed by atoms with Crippen LogP contribution < -0.4 is 9.46 Å². The van der Waals surface area contributed by atoms with Crippen molar-refractivity contribution in [1.29, 1.82) is 0 Å². The summed E-state index contributed by atoms with van der Waals surface area (Å²) in [5, 5.41) is 9.56. The van der Waals surface area contributed by atoms with Crippen LogP contribution in [-0.4, -0.2) is 83.5 Å². The van der Waals surface area contributed by atoms with Gasteiger partial charge in [0, 0.05) is 30.3 Å². The van der Waals surface area contributed by atoms with Crippen LogP contribution >= 0.6 is 0 Å². The Morgan fingerprint density at radius 3 is 2.49 bits per heavy atom. The molecular formula is C33H41N5O6S. The fourth-order valence-electron chi connectivity index (χ4n) is 6.28. The number of carbonyl (C=O) groups is 2. The number of sulfonamides is 1. The molecule has 12 heteroatoms. The number of aryl methyl sites for hydroxylation is 2. The molecule has 3 heterocycles. The summed E-state index contributed by atoms with van der Waals surface area (Å²) in [6, 6.07) is 12.6. The second-order valence-electron chi connectivity index (χ2n) is 13.1. The number of nitrogens with one attached hydrogen (secondary N) is 1. The van der Waals surface area contributed by atoms with Gasteiger partial charge in [-0.15, -0.1) is 0 Å². The van der Waals surface area contributed by atoms with E-state index >= 15 is 0 Å². The maximum atomic E-state index is 14.4. The van der Waals surface area contributed by atoms with Gasteiger partial charge < -0.3 is 19.6 Å². The highest BCUT2D eigenvalue weighted by atomic mass is 32.2. The van der Waals surface area contributed by atoms with Crippen LogP contribution in [-0.2, 0) is 14.8 Å². The van der Waals surface area contributed by atoms with Gasteiger partial charge in [-0.05, 0) is 67.9 Å². The number of likely N-dealkylation sites (tertiary alicyclic amines) is 1. The predicted octanol–water partition coefficient (Wildman–Crippen LogP) is 4.18. The van der Waals surface area contributed by atoms with Gasteiger partial charge in [-0.25, -0.2) is 18.1 Å². The number of carbonyl (C=O) groups excluding carboxylic acids is 2. The molecule has 0 aliphatic carbocycles. The summed E-state index contributed by atoms with van der Waals surface area (Å²) in [6.45, 7) is 10.4. The van der Waals surface area contributed by atoms with Crippen molar-refractivity contribution in [3.63, 3.8) is 0 Å². The predicted molar refractivity (Wildman–Crippen MR) is 170 cm³/mol. The monoisotopic (exact) mass is 635 g/mol. The second-order valence-corrected chi connectivity index (χ2v) is 14.7. The van der Waals surface area contributed by atoms with E-state index in [1.54, 1.807) is 21.9 Å². The molecule has 1 unspecified atom stereocenters. The average Bonchev–Trinajstić information content (AvgIpc) is 2.98. The van der Waals surface area contributed by atoms with E-state index in [0.29, 0.717) is 31.5 Å². The van der Waals surface area contributed by atoms with E-state index in [9.17, 15) is 23.1 Å². The molecule has 4 bridgehead atoms. The third-order valence-electron chi connectivity index (χ3n) is 8.23. The van der Waals surface area contributed by atoms with E-state index in [1.165, 1.54) is 18.2 Å². The Kier molecular flexibility index (Phi) is 9.18. The lowest BCUT2D eigenvalue weighted by Crippen LogP contribution is -2.57. The van der Waals surface area contributed by atoms with Crippen LogP contribution in [0.5, 0.6) is 5.88 Å². The zero-order valence-corrected chi connectivity index (χ0v) is 27.2. The molecule has 0 spiro atoms. The standard InChI is InChI=1S/C33H41N5O6S/c1-21-9-6-10-22(2)30(21)27-16-28-35-32(34-27)36-45(42,43)26-13-7-11-23(15-26)31(41)38(25(20-44-28)17-33(3,4)5)24-12-8-14-37(18-24)29(40)19-39/h6-7,9-11,13,15-16,24-25,39H,8,12,14,17-20H2,1-5H3,(H,34,35,36)/t24?,25-/m1/s1. The first-order valence-electron chi connectivity index (χ1n) is 15.2. The lowest BCUT2D eigenvalue weighted by Gasteiger charge is -2.44. The highest BCUT2D eigenvalue weighted by Crippen LogP contribution is 2.33. The smallest absolute Gasteiger partial charge is 0.264 e. The SMILES string of the molecule is Cc1cccc(C)c1-c1cc2nc(n1)NS(=O)(=O)c1cccc(c1)C(=O)N(C1CCCN(C(=O)CO)C1)[C@H](CC(C)(C)C)CO2. The summed E-state index contributed by atoms with van der Waals surface area (Å²) in [5.41, 5.74) is 3.24. The fourth-order valence-corrected chi connectivity index (χ4v) is 7.27. The van der Waals surface area contributed by atoms with E-state index in [0.717, 1.165) is 16.7 Å². The quantitative estimate of drug-likeness (QED) is 0.435. The van der Waals surface area contributed by atoms with Crippen LogP contribution in [0.4, 0.5) is 5.95 Å². The van der Waals surface area contributed by atoms with Crippen LogP contribution in [0.25, 0.3) is 11.3 Å². The van der Waals surface area contributed by atoms with Gasteiger partial charge in [-0.3, -0.25) is 9.59 Å². The third kappa shape index (κ3) is 7.28. The summed E-state index contributed by atoms with van der Waals surface area (Å²) >= 11 is 0. The number of nitrogens with zero attached hydrogens (tertiary/aromatic N) is 4. The zero-order valence-electron chi connectivity index (χ0n) is 26.4. The van der Waals surface area contributed by atoms with Crippen molar-refractivity contribution in [2.45, 2.75) is 70.9 Å². The Balaban J connectivity index is 1.67. The second kappa shape index (κ2) is 12.8. The largest absolute Gasteiger partial charge is 0.475 e. The third-order valence-corrected chi connectivity index (χ3v) is 9.56. The van der Waals surface area contributed by atoms with E-state index in [4.69, 9.17) is 4.74 Å². The maximum absolute atomic E-state index is 14.4. The number of aliphatic hydroxyl groups excluding tert-OH is 1. The normalized spacial score (nSPS) is 20.3. The first kappa shape index (κ1) is 32.4. The highest BCUT2D eigenvalue weighted by molar-refractivity contribution is 7.92. The number of hydrogen-bond donors (Lipinski definition) is 2. The molecule has 1 saturated heterocycles. The molecule has 2 N–H and O–H groups in total. The average molecular weight is 636 g/mol. The Morgan fingerprint density at radius 2 is 1.80 bits per heavy atom. The number of aromatic nitrogens is 2. The van der Waals surface area contributed by atoms with Crippen molar-refractivity contribution in [2.75, 3.05) is 31.0 Å². The van der Waals surface area contributed by atoms with Crippen molar-refractivity contribution in [1.82, 2.24) is 19.8 Å². The van der Waals surface area contributed by atoms with Gasteiger partial charge in [-0.2, -0.15) is 4.98 Å². The molecule has 2 atom stereocenters. The number of anilines is 1. The van der Waals surface area contributed by atoms with Crippen molar-refractivity contribution in [3.05, 3.63) is 65.2 Å². The lowest BCUT2D eigenvalue weighted by atomic mass is 9.86. The van der Waals surface area contributed by atoms with Gasteiger partial charge >= 0.3 is 0 Å². The minimum Gasteiger partial charge on any atom is -0.475 e. The Labute approximate surface area is 264 Å². The van der Waals surface area contributed by atoms with Gasteiger partial charge in [0.2, 0.25) is 17.7 Å². The molecule has 240 valence electrons. The van der Waals surface area contributed by atoms with Crippen LogP contribution in [0.15, 0.2) is 53.4 Å². The lowest BCUT2D eigenvalue weighted by molar-refractivity contribution is -0.136. The van der Waals surface area contributed by atoms with E-state index in [2.05, 4.69) is 35.5 Å². The van der Waals surface area contributed by atoms with Crippen molar-refractivity contribution >= 4 is 27.8 Å². The van der Waals surface area contributed by atoms with Crippen LogP contribution in [0.3, 0.4) is 0 Å². The molecule has 45 heavy (non-hydrogen) atoms. The number of hydrogen-bond acceptors (Lipinski definition) is 8. The zero-order chi connectivity index (χ0) is 32.5. The number of ether oxygens (including phenoxy) is 1. The number of fused-ring (bicyclic) bond motifs is 4. The molecule has 1 aromatic heterocycles. The Hall–Kier alpha value is -4.03. The molecule has 2 aromatic carbocycles. The molecule has 2 amide bonds. The molecule has 11 nitrogen and oxygen atoms in total. The number of amides is 2. The summed E-state index contributed by atoms with van der Waals surface area (Å²) in [7, 11) is -4.19. The Bertz CT molecular complexity index is 1680. The molecule has 1 fully saturated rings. The maximum Gasteiger partial charge on any atom is 0.264 e. The molecule has 2 aliphatic rings. The number of aliphatic hydroxyl groups is 1. The van der Waals surface area contributed by atoms with Crippen LogP contribution in [0.2, 0.25) is 0 Å². The molecule has 0 radical (unpaired) electrons. The van der Waals surface area contributed by atoms with E-state index < -0.39 is 28.6 Å². The number of benzene rings is 2. The van der Waals surface area contributed by atoms with Crippen LogP contribution in [0, 0.1) is 19.3 Å². The highest BCUT2D eigenvalue weighted by Gasteiger charge is 2.38. The van der Waals surface area contributed by atoms with Crippen molar-refractivity contribution in [2.24, 2.45) is 5.41 Å². The summed E-state index contributed by atoms with van der Waals surface area (Å²) in [6.07, 6.45) is 1.84. The first-order chi connectivity index (χ1) is 21.3. The summed E-state index contributed by atoms with van der Waals surface area (Å²) < 4.78 is 36.1. The van der Waals surface area contributed by atoms with Gasteiger partial charge in [0.15, 0.2) is 0 Å². The molecule has 0 saturated carbocycles. The molecule has 3 aromatic rings. The number of piperidine rings is 1. The van der Waals surface area contributed by atoms with Gasteiger partial charge in [0.05, 0.1) is 22.7 Å². The van der Waals surface area contributed by atoms with E-state index in [-0.39, 0.29) is 52.8 Å². The fraction of sp³-hybridized carbons (Fsp3) is 0.455. The summed E-state index contributed by atoms with van der Waals surface area (Å²) in [5.74, 6) is -0.732. The molecule has 2 aliphatic heterocycles. The molecular weight excluding hydrogens is 594 g/mol. The molecule has 5 rings (SSSR count).